The lowest BCUT2D eigenvalue weighted by molar-refractivity contribution is -0.121. The van der Waals surface area contributed by atoms with Crippen molar-refractivity contribution in [3.8, 4) is 17.1 Å². The van der Waals surface area contributed by atoms with Gasteiger partial charge >= 0.3 is 0 Å². The standard InChI is InChI=1S/C27H35N5OS/c1-22-12-8-9-19-31(22)20-11-18-28-25(33)17-10-21-34-27-30-29-26(23-13-4-2-5-14-23)32(27)24-15-6-3-7-16-24/h2-7,13-16,22H,8-12,17-21H2,1H3,(H,28,33). The molecule has 4 rings (SSSR count). The molecule has 180 valence electrons. The molecule has 1 N–H and O–H groups in total. The minimum Gasteiger partial charge on any atom is -0.356 e. The summed E-state index contributed by atoms with van der Waals surface area (Å²) in [4.78, 5) is 14.8. The van der Waals surface area contributed by atoms with Crippen LogP contribution < -0.4 is 5.32 Å². The highest BCUT2D eigenvalue weighted by molar-refractivity contribution is 7.99. The monoisotopic (exact) mass is 477 g/mol. The Morgan fingerprint density at radius 3 is 2.56 bits per heavy atom. The van der Waals surface area contributed by atoms with Gasteiger partial charge in [-0.1, -0.05) is 66.7 Å². The zero-order valence-corrected chi connectivity index (χ0v) is 20.8. The van der Waals surface area contributed by atoms with E-state index in [-0.39, 0.29) is 5.91 Å². The van der Waals surface area contributed by atoms with E-state index in [2.05, 4.69) is 44.0 Å². The van der Waals surface area contributed by atoms with E-state index < -0.39 is 0 Å². The molecule has 0 radical (unpaired) electrons. The van der Waals surface area contributed by atoms with E-state index in [9.17, 15) is 4.79 Å². The molecule has 1 unspecified atom stereocenters. The normalized spacial score (nSPS) is 16.4. The van der Waals surface area contributed by atoms with Crippen molar-refractivity contribution < 1.29 is 4.79 Å². The van der Waals surface area contributed by atoms with E-state index in [1.54, 1.807) is 11.8 Å². The molecule has 0 saturated carbocycles. The van der Waals surface area contributed by atoms with Crippen molar-refractivity contribution in [1.82, 2.24) is 25.0 Å². The highest BCUT2D eigenvalue weighted by atomic mass is 32.2. The number of rotatable bonds is 11. The quantitative estimate of drug-likeness (QED) is 0.304. The Morgan fingerprint density at radius 1 is 1.03 bits per heavy atom. The maximum Gasteiger partial charge on any atom is 0.220 e. The summed E-state index contributed by atoms with van der Waals surface area (Å²) in [6.07, 6.45) is 6.32. The number of hydrogen-bond acceptors (Lipinski definition) is 5. The fraction of sp³-hybridized carbons (Fsp3) is 0.444. The predicted molar refractivity (Wildman–Crippen MR) is 139 cm³/mol. The molecule has 0 aliphatic carbocycles. The molecule has 2 heterocycles. The van der Waals surface area contributed by atoms with Crippen molar-refractivity contribution in [3.05, 3.63) is 60.7 Å². The fourth-order valence-electron chi connectivity index (χ4n) is 4.43. The Bertz CT molecular complexity index is 1020. The maximum atomic E-state index is 12.3. The number of para-hydroxylation sites is 1. The summed E-state index contributed by atoms with van der Waals surface area (Å²) in [6.45, 7) is 5.36. The molecule has 1 saturated heterocycles. The van der Waals surface area contributed by atoms with E-state index >= 15 is 0 Å². The van der Waals surface area contributed by atoms with Crippen LogP contribution in [0.4, 0.5) is 0 Å². The van der Waals surface area contributed by atoms with Crippen LogP contribution in [0.25, 0.3) is 17.1 Å². The van der Waals surface area contributed by atoms with E-state index in [4.69, 9.17) is 0 Å². The van der Waals surface area contributed by atoms with Gasteiger partial charge in [-0.15, -0.1) is 10.2 Å². The summed E-state index contributed by atoms with van der Waals surface area (Å²) in [7, 11) is 0. The Hall–Kier alpha value is -2.64. The van der Waals surface area contributed by atoms with Crippen molar-refractivity contribution in [3.63, 3.8) is 0 Å². The minimum absolute atomic E-state index is 0.141. The topological polar surface area (TPSA) is 63.1 Å². The van der Waals surface area contributed by atoms with E-state index in [0.29, 0.717) is 12.5 Å². The first-order valence-corrected chi connectivity index (χ1v) is 13.4. The molecule has 1 amide bonds. The number of carbonyl (C=O) groups is 1. The summed E-state index contributed by atoms with van der Waals surface area (Å²) in [5.74, 6) is 1.79. The number of amides is 1. The molecule has 1 atom stereocenters. The fourth-order valence-corrected chi connectivity index (χ4v) is 5.32. The first-order chi connectivity index (χ1) is 16.7. The van der Waals surface area contributed by atoms with Crippen LogP contribution in [-0.4, -0.2) is 57.0 Å². The van der Waals surface area contributed by atoms with Gasteiger partial charge in [-0.25, -0.2) is 0 Å². The number of nitrogens with one attached hydrogen (secondary N) is 1. The molecule has 1 aromatic heterocycles. The van der Waals surface area contributed by atoms with Gasteiger partial charge in [0, 0.05) is 42.6 Å². The Balaban J connectivity index is 1.24. The van der Waals surface area contributed by atoms with E-state index in [1.165, 1.54) is 25.8 Å². The Labute approximate surface area is 207 Å². The van der Waals surface area contributed by atoms with Gasteiger partial charge in [-0.2, -0.15) is 0 Å². The van der Waals surface area contributed by atoms with E-state index in [0.717, 1.165) is 53.9 Å². The van der Waals surface area contributed by atoms with Gasteiger partial charge in [0.25, 0.3) is 0 Å². The predicted octanol–water partition coefficient (Wildman–Crippen LogP) is 5.19. The molecular formula is C27H35N5OS. The summed E-state index contributed by atoms with van der Waals surface area (Å²) in [5.41, 5.74) is 2.07. The van der Waals surface area contributed by atoms with Gasteiger partial charge < -0.3 is 10.2 Å². The summed E-state index contributed by atoms with van der Waals surface area (Å²) >= 11 is 1.65. The second-order valence-corrected chi connectivity index (χ2v) is 9.94. The Morgan fingerprint density at radius 2 is 1.79 bits per heavy atom. The van der Waals surface area contributed by atoms with Crippen molar-refractivity contribution >= 4 is 17.7 Å². The lowest BCUT2D eigenvalue weighted by atomic mass is 10.0. The lowest BCUT2D eigenvalue weighted by Crippen LogP contribution is -2.39. The molecular weight excluding hydrogens is 442 g/mol. The van der Waals surface area contributed by atoms with Crippen LogP contribution in [0.3, 0.4) is 0 Å². The molecule has 7 heteroatoms. The van der Waals surface area contributed by atoms with Crippen molar-refractivity contribution in [2.45, 2.75) is 56.6 Å². The first kappa shape index (κ1) is 24.5. The van der Waals surface area contributed by atoms with Crippen LogP contribution in [0.5, 0.6) is 0 Å². The minimum atomic E-state index is 0.141. The smallest absolute Gasteiger partial charge is 0.220 e. The number of thioether (sulfide) groups is 1. The maximum absolute atomic E-state index is 12.3. The summed E-state index contributed by atoms with van der Waals surface area (Å²) in [5, 5.41) is 12.9. The zero-order valence-electron chi connectivity index (χ0n) is 20.0. The van der Waals surface area contributed by atoms with Crippen LogP contribution in [0.2, 0.25) is 0 Å². The van der Waals surface area contributed by atoms with Crippen molar-refractivity contribution in [2.24, 2.45) is 0 Å². The number of likely N-dealkylation sites (tertiary alicyclic amines) is 1. The van der Waals surface area contributed by atoms with Crippen LogP contribution >= 0.6 is 11.8 Å². The molecule has 1 fully saturated rings. The second-order valence-electron chi connectivity index (χ2n) is 8.88. The lowest BCUT2D eigenvalue weighted by Gasteiger charge is -2.33. The Kier molecular flexibility index (Phi) is 9.16. The van der Waals surface area contributed by atoms with Crippen LogP contribution in [0, 0.1) is 0 Å². The van der Waals surface area contributed by atoms with Crippen LogP contribution in [-0.2, 0) is 4.79 Å². The second kappa shape index (κ2) is 12.7. The number of carbonyl (C=O) groups excluding carboxylic acids is 1. The number of piperidine rings is 1. The SMILES string of the molecule is CC1CCCCN1CCCNC(=O)CCCSc1nnc(-c2ccccc2)n1-c1ccccc1. The average Bonchev–Trinajstić information content (AvgIpc) is 3.30. The number of benzene rings is 2. The van der Waals surface area contributed by atoms with Crippen molar-refractivity contribution in [2.75, 3.05) is 25.4 Å². The molecule has 1 aliphatic heterocycles. The third-order valence-corrected chi connectivity index (χ3v) is 7.36. The number of hydrogen-bond donors (Lipinski definition) is 1. The molecule has 34 heavy (non-hydrogen) atoms. The van der Waals surface area contributed by atoms with Gasteiger partial charge in [0.1, 0.15) is 0 Å². The third kappa shape index (κ3) is 6.70. The zero-order chi connectivity index (χ0) is 23.6. The molecule has 1 aliphatic rings. The number of aromatic nitrogens is 3. The number of nitrogens with zero attached hydrogens (tertiary/aromatic N) is 4. The first-order valence-electron chi connectivity index (χ1n) is 12.4. The van der Waals surface area contributed by atoms with E-state index in [1.807, 2.05) is 48.5 Å². The van der Waals surface area contributed by atoms with Gasteiger partial charge in [0.15, 0.2) is 11.0 Å². The van der Waals surface area contributed by atoms with Gasteiger partial charge in [0.2, 0.25) is 5.91 Å². The molecule has 6 nitrogen and oxygen atoms in total. The van der Waals surface area contributed by atoms with Gasteiger partial charge in [-0.3, -0.25) is 9.36 Å². The molecule has 0 bridgehead atoms. The third-order valence-electron chi connectivity index (χ3n) is 6.34. The van der Waals surface area contributed by atoms with Gasteiger partial charge in [-0.05, 0) is 51.3 Å². The summed E-state index contributed by atoms with van der Waals surface area (Å²) in [6, 6.07) is 21.0. The highest BCUT2D eigenvalue weighted by Gasteiger charge is 2.18. The van der Waals surface area contributed by atoms with Gasteiger partial charge in [0.05, 0.1) is 0 Å². The average molecular weight is 478 g/mol. The van der Waals surface area contributed by atoms with Crippen LogP contribution in [0.15, 0.2) is 65.8 Å². The molecule has 2 aromatic carbocycles. The molecule has 3 aromatic rings. The highest BCUT2D eigenvalue weighted by Crippen LogP contribution is 2.28. The summed E-state index contributed by atoms with van der Waals surface area (Å²) < 4.78 is 2.10. The largest absolute Gasteiger partial charge is 0.356 e. The van der Waals surface area contributed by atoms with Crippen molar-refractivity contribution in [1.29, 1.82) is 0 Å². The van der Waals surface area contributed by atoms with Crippen LogP contribution in [0.1, 0.15) is 45.4 Å². The molecule has 0 spiro atoms.